The zero-order valence-electron chi connectivity index (χ0n) is 10.9. The summed E-state index contributed by atoms with van der Waals surface area (Å²) in [7, 11) is 1.83. The van der Waals surface area contributed by atoms with E-state index in [1.165, 1.54) is 0 Å². The van der Waals surface area contributed by atoms with Gasteiger partial charge in [-0.1, -0.05) is 13.8 Å². The normalized spacial score (nSPS) is 20.9. The first kappa shape index (κ1) is 13.3. The summed E-state index contributed by atoms with van der Waals surface area (Å²) in [6.07, 6.45) is 2.53. The predicted octanol–water partition coefficient (Wildman–Crippen LogP) is 2.00. The van der Waals surface area contributed by atoms with E-state index in [9.17, 15) is 4.79 Å². The number of carbonyl (C=O) groups is 1. The van der Waals surface area contributed by atoms with Gasteiger partial charge in [-0.15, -0.1) is 0 Å². The van der Waals surface area contributed by atoms with Crippen LogP contribution in [0.3, 0.4) is 0 Å². The van der Waals surface area contributed by atoms with E-state index < -0.39 is 0 Å². The molecule has 1 aliphatic rings. The lowest BCUT2D eigenvalue weighted by molar-refractivity contribution is -0.00402. The topological polar surface area (TPSA) is 41.6 Å². The predicted molar refractivity (Wildman–Crippen MR) is 64.5 cm³/mol. The molecule has 1 saturated heterocycles. The molecule has 0 aromatic carbocycles. The minimum Gasteiger partial charge on any atom is -0.443 e. The van der Waals surface area contributed by atoms with E-state index >= 15 is 0 Å². The zero-order chi connectivity index (χ0) is 12.2. The Morgan fingerprint density at radius 3 is 2.56 bits per heavy atom. The van der Waals surface area contributed by atoms with Gasteiger partial charge < -0.3 is 15.0 Å². The fourth-order valence-corrected chi connectivity index (χ4v) is 1.80. The zero-order valence-corrected chi connectivity index (χ0v) is 10.9. The molecule has 0 radical (unpaired) electrons. The lowest BCUT2D eigenvalue weighted by atomic mass is 10.0. The second-order valence-corrected chi connectivity index (χ2v) is 4.78. The van der Waals surface area contributed by atoms with E-state index in [0.717, 1.165) is 32.4 Å². The number of hydrogen-bond acceptors (Lipinski definition) is 3. The fourth-order valence-electron chi connectivity index (χ4n) is 1.80. The molecule has 0 aliphatic carbocycles. The van der Waals surface area contributed by atoms with Crippen molar-refractivity contribution < 1.29 is 9.53 Å². The van der Waals surface area contributed by atoms with Crippen LogP contribution in [0, 0.1) is 0 Å². The second kappa shape index (κ2) is 5.53. The molecule has 1 heterocycles. The van der Waals surface area contributed by atoms with Crippen molar-refractivity contribution in [2.75, 3.05) is 20.1 Å². The van der Waals surface area contributed by atoms with Gasteiger partial charge in [0.2, 0.25) is 0 Å². The standard InChI is InChI=1S/C12H24N2O2/c1-5-12(3,6-2)16-11(15)14(4)10-7-8-13-9-10/h10,13H,5-9H2,1-4H3. The van der Waals surface area contributed by atoms with Crippen LogP contribution in [0.4, 0.5) is 4.79 Å². The molecule has 94 valence electrons. The summed E-state index contributed by atoms with van der Waals surface area (Å²) < 4.78 is 5.57. The molecule has 1 aliphatic heterocycles. The lowest BCUT2D eigenvalue weighted by Crippen LogP contribution is -2.43. The molecular formula is C12H24N2O2. The maximum Gasteiger partial charge on any atom is 0.410 e. The van der Waals surface area contributed by atoms with Crippen molar-refractivity contribution in [3.05, 3.63) is 0 Å². The van der Waals surface area contributed by atoms with E-state index in [4.69, 9.17) is 4.74 Å². The first-order valence-electron chi connectivity index (χ1n) is 6.19. The number of nitrogens with one attached hydrogen (secondary N) is 1. The lowest BCUT2D eigenvalue weighted by Gasteiger charge is -2.31. The van der Waals surface area contributed by atoms with Crippen molar-refractivity contribution >= 4 is 6.09 Å². The number of carbonyl (C=O) groups excluding carboxylic acids is 1. The van der Waals surface area contributed by atoms with Gasteiger partial charge in [0.05, 0.1) is 0 Å². The maximum atomic E-state index is 11.9. The molecule has 4 heteroatoms. The van der Waals surface area contributed by atoms with Crippen molar-refractivity contribution in [2.24, 2.45) is 0 Å². The van der Waals surface area contributed by atoms with Crippen molar-refractivity contribution in [3.63, 3.8) is 0 Å². The highest BCUT2D eigenvalue weighted by Gasteiger charge is 2.30. The van der Waals surface area contributed by atoms with Crippen LogP contribution in [0.2, 0.25) is 0 Å². The molecule has 1 atom stereocenters. The molecule has 0 spiro atoms. The van der Waals surface area contributed by atoms with Gasteiger partial charge in [-0.2, -0.15) is 0 Å². The molecule has 0 aromatic rings. The monoisotopic (exact) mass is 228 g/mol. The summed E-state index contributed by atoms with van der Waals surface area (Å²) in [5.74, 6) is 0. The van der Waals surface area contributed by atoms with Gasteiger partial charge in [0.15, 0.2) is 0 Å². The number of ether oxygens (including phenoxy) is 1. The molecule has 4 nitrogen and oxygen atoms in total. The average molecular weight is 228 g/mol. The Kier molecular flexibility index (Phi) is 4.59. The Hall–Kier alpha value is -0.770. The summed E-state index contributed by atoms with van der Waals surface area (Å²) in [5.41, 5.74) is -0.322. The molecule has 1 fully saturated rings. The smallest absolute Gasteiger partial charge is 0.410 e. The molecule has 0 bridgehead atoms. The molecule has 1 rings (SSSR count). The van der Waals surface area contributed by atoms with Crippen LogP contribution in [0.15, 0.2) is 0 Å². The van der Waals surface area contributed by atoms with Crippen molar-refractivity contribution in [2.45, 2.75) is 51.7 Å². The number of rotatable bonds is 4. The van der Waals surface area contributed by atoms with Gasteiger partial charge >= 0.3 is 6.09 Å². The van der Waals surface area contributed by atoms with Crippen LogP contribution in [-0.4, -0.2) is 42.8 Å². The van der Waals surface area contributed by atoms with E-state index in [0.29, 0.717) is 0 Å². The largest absolute Gasteiger partial charge is 0.443 e. The summed E-state index contributed by atoms with van der Waals surface area (Å²) >= 11 is 0. The highest BCUT2D eigenvalue weighted by molar-refractivity contribution is 5.68. The number of likely N-dealkylation sites (N-methyl/N-ethyl adjacent to an activating group) is 1. The molecule has 1 unspecified atom stereocenters. The maximum absolute atomic E-state index is 11.9. The Morgan fingerprint density at radius 1 is 1.50 bits per heavy atom. The van der Waals surface area contributed by atoms with Crippen molar-refractivity contribution in [1.82, 2.24) is 10.2 Å². The highest BCUT2D eigenvalue weighted by Crippen LogP contribution is 2.21. The SMILES string of the molecule is CCC(C)(CC)OC(=O)N(C)C1CCNC1. The van der Waals surface area contributed by atoms with Crippen LogP contribution >= 0.6 is 0 Å². The third kappa shape index (κ3) is 3.11. The quantitative estimate of drug-likeness (QED) is 0.800. The molecule has 1 amide bonds. The van der Waals surface area contributed by atoms with Crippen LogP contribution in [0.5, 0.6) is 0 Å². The Balaban J connectivity index is 2.50. The van der Waals surface area contributed by atoms with E-state index in [2.05, 4.69) is 5.32 Å². The summed E-state index contributed by atoms with van der Waals surface area (Å²) in [6, 6.07) is 0.283. The number of nitrogens with zero attached hydrogens (tertiary/aromatic N) is 1. The van der Waals surface area contributed by atoms with Crippen molar-refractivity contribution in [1.29, 1.82) is 0 Å². The molecule has 1 N–H and O–H groups in total. The van der Waals surface area contributed by atoms with Gasteiger partial charge in [-0.05, 0) is 32.7 Å². The van der Waals surface area contributed by atoms with Crippen LogP contribution in [-0.2, 0) is 4.74 Å². The van der Waals surface area contributed by atoms with Crippen LogP contribution < -0.4 is 5.32 Å². The van der Waals surface area contributed by atoms with E-state index in [1.54, 1.807) is 4.90 Å². The van der Waals surface area contributed by atoms with E-state index in [-0.39, 0.29) is 17.7 Å². The van der Waals surface area contributed by atoms with Crippen LogP contribution in [0.25, 0.3) is 0 Å². The van der Waals surface area contributed by atoms with Crippen molar-refractivity contribution in [3.8, 4) is 0 Å². The van der Waals surface area contributed by atoms with Gasteiger partial charge in [0, 0.05) is 19.6 Å². The first-order chi connectivity index (χ1) is 7.52. The van der Waals surface area contributed by atoms with Gasteiger partial charge in [0.25, 0.3) is 0 Å². The summed E-state index contributed by atoms with van der Waals surface area (Å²) in [4.78, 5) is 13.7. The Bertz CT molecular complexity index is 233. The second-order valence-electron chi connectivity index (χ2n) is 4.78. The molecule has 16 heavy (non-hydrogen) atoms. The number of amides is 1. The fraction of sp³-hybridized carbons (Fsp3) is 0.917. The third-order valence-corrected chi connectivity index (χ3v) is 3.70. The Labute approximate surface area is 98.3 Å². The number of hydrogen-bond donors (Lipinski definition) is 1. The average Bonchev–Trinajstić information content (AvgIpc) is 2.81. The van der Waals surface area contributed by atoms with Gasteiger partial charge in [0.1, 0.15) is 5.60 Å². The van der Waals surface area contributed by atoms with E-state index in [1.807, 2.05) is 27.8 Å². The highest BCUT2D eigenvalue weighted by atomic mass is 16.6. The van der Waals surface area contributed by atoms with Gasteiger partial charge in [-0.3, -0.25) is 0 Å². The minimum absolute atomic E-state index is 0.195. The van der Waals surface area contributed by atoms with Crippen LogP contribution in [0.1, 0.15) is 40.0 Å². The summed E-state index contributed by atoms with van der Waals surface area (Å²) in [5, 5.41) is 3.25. The third-order valence-electron chi connectivity index (χ3n) is 3.70. The summed E-state index contributed by atoms with van der Waals surface area (Å²) in [6.45, 7) is 7.95. The molecular weight excluding hydrogens is 204 g/mol. The molecule has 0 saturated carbocycles. The minimum atomic E-state index is -0.322. The van der Waals surface area contributed by atoms with Gasteiger partial charge in [-0.25, -0.2) is 4.79 Å². The first-order valence-corrected chi connectivity index (χ1v) is 6.19. The molecule has 0 aromatic heterocycles. The Morgan fingerprint density at radius 2 is 2.12 bits per heavy atom.